The van der Waals surface area contributed by atoms with Crippen LogP contribution in [0.2, 0.25) is 0 Å². The first-order valence-electron chi connectivity index (χ1n) is 18.1. The Morgan fingerprint density at radius 2 is 0.820 bits per heavy atom. The largest absolute Gasteiger partial charge is 0.384 e. The molecule has 248 valence electrons. The average Bonchev–Trinajstić information content (AvgIpc) is 3.17. The number of aromatic nitrogens is 2. The molecule has 1 aliphatic heterocycles. The molecular weight excluding hydrogens is 613 g/mol. The molecule has 6 nitrogen and oxygen atoms in total. The number of fused-ring (bicyclic) bond motifs is 8. The van der Waals surface area contributed by atoms with Crippen LogP contribution in [0.25, 0.3) is 65.2 Å². The van der Waals surface area contributed by atoms with Crippen molar-refractivity contribution in [3.05, 3.63) is 121 Å². The van der Waals surface area contributed by atoms with Crippen molar-refractivity contribution < 1.29 is 0 Å². The zero-order valence-corrected chi connectivity index (χ0v) is 28.4. The summed E-state index contributed by atoms with van der Waals surface area (Å²) in [5.41, 5.74) is 6.65. The quantitative estimate of drug-likeness (QED) is 0.0871. The third-order valence-corrected chi connectivity index (χ3v) is 10.5. The maximum absolute atomic E-state index is 5.09. The predicted octanol–water partition coefficient (Wildman–Crippen LogP) is 9.32. The van der Waals surface area contributed by atoms with Gasteiger partial charge < -0.3 is 20.4 Å². The van der Waals surface area contributed by atoms with Gasteiger partial charge in [0.2, 0.25) is 0 Å². The Bertz CT molecular complexity index is 2310. The van der Waals surface area contributed by atoms with Crippen LogP contribution in [0.3, 0.4) is 0 Å². The van der Waals surface area contributed by atoms with E-state index in [-0.39, 0.29) is 0 Å². The van der Waals surface area contributed by atoms with Crippen LogP contribution < -0.4 is 10.6 Å². The van der Waals surface area contributed by atoms with Crippen molar-refractivity contribution in [3.8, 4) is 0 Å². The molecule has 2 N–H and O–H groups in total. The lowest BCUT2D eigenvalue weighted by atomic mass is 10.0. The first-order chi connectivity index (χ1) is 24.8. The molecule has 0 amide bonds. The first-order valence-corrected chi connectivity index (χ1v) is 18.1. The molecule has 9 rings (SSSR count). The summed E-state index contributed by atoms with van der Waals surface area (Å²) in [4.78, 5) is 15.4. The molecule has 8 aromatic rings. The van der Waals surface area contributed by atoms with E-state index in [1.165, 1.54) is 54.5 Å². The predicted molar refractivity (Wildman–Crippen MR) is 213 cm³/mol. The monoisotopic (exact) mass is 654 g/mol. The van der Waals surface area contributed by atoms with E-state index in [1.807, 2.05) is 0 Å². The molecule has 1 aliphatic rings. The second kappa shape index (κ2) is 13.5. The van der Waals surface area contributed by atoms with Gasteiger partial charge in [-0.25, -0.2) is 9.97 Å². The van der Waals surface area contributed by atoms with Crippen molar-refractivity contribution in [2.45, 2.75) is 12.8 Å². The van der Waals surface area contributed by atoms with Crippen LogP contribution in [0.4, 0.5) is 11.4 Å². The fourth-order valence-corrected chi connectivity index (χ4v) is 7.90. The fourth-order valence-electron chi connectivity index (χ4n) is 7.90. The average molecular weight is 655 g/mol. The highest BCUT2D eigenvalue weighted by atomic mass is 15.3. The van der Waals surface area contributed by atoms with Gasteiger partial charge in [0.05, 0.1) is 33.4 Å². The van der Waals surface area contributed by atoms with Gasteiger partial charge in [-0.2, -0.15) is 0 Å². The summed E-state index contributed by atoms with van der Waals surface area (Å²) in [6.07, 6.45) is 2.22. The molecule has 1 fully saturated rings. The Labute approximate surface area is 292 Å². The van der Waals surface area contributed by atoms with Crippen molar-refractivity contribution >= 4 is 76.5 Å². The SMILES string of the molecule is c1ccc2c(c1)ccc1c(NCCCN3CCN(CCCNc4c5ccccc5nc5c4ccc4ccccc45)CC3)c3ccccc3nc12. The Balaban J connectivity index is 0.791. The van der Waals surface area contributed by atoms with Gasteiger partial charge in [-0.05, 0) is 48.8 Å². The van der Waals surface area contributed by atoms with E-state index in [4.69, 9.17) is 9.97 Å². The smallest absolute Gasteiger partial charge is 0.0808 e. The van der Waals surface area contributed by atoms with Gasteiger partial charge in [-0.3, -0.25) is 0 Å². The second-order valence-corrected chi connectivity index (χ2v) is 13.6. The number of piperazine rings is 1. The van der Waals surface area contributed by atoms with Crippen LogP contribution in [0.5, 0.6) is 0 Å². The second-order valence-electron chi connectivity index (χ2n) is 13.6. The Morgan fingerprint density at radius 1 is 0.420 bits per heavy atom. The van der Waals surface area contributed by atoms with Gasteiger partial charge in [0, 0.05) is 71.6 Å². The maximum atomic E-state index is 5.09. The van der Waals surface area contributed by atoms with Gasteiger partial charge in [0.1, 0.15) is 0 Å². The summed E-state index contributed by atoms with van der Waals surface area (Å²) >= 11 is 0. The summed E-state index contributed by atoms with van der Waals surface area (Å²) in [6, 6.07) is 43.1. The molecule has 0 atom stereocenters. The van der Waals surface area contributed by atoms with Gasteiger partial charge in [0.15, 0.2) is 0 Å². The van der Waals surface area contributed by atoms with Gasteiger partial charge in [-0.15, -0.1) is 0 Å². The van der Waals surface area contributed by atoms with Crippen LogP contribution in [0.15, 0.2) is 121 Å². The highest BCUT2D eigenvalue weighted by Gasteiger charge is 2.17. The van der Waals surface area contributed by atoms with E-state index in [2.05, 4.69) is 142 Å². The van der Waals surface area contributed by atoms with Crippen molar-refractivity contribution in [1.29, 1.82) is 0 Å². The minimum absolute atomic E-state index is 0.940. The molecule has 0 radical (unpaired) electrons. The lowest BCUT2D eigenvalue weighted by Crippen LogP contribution is -2.47. The van der Waals surface area contributed by atoms with E-state index < -0.39 is 0 Å². The molecule has 0 bridgehead atoms. The zero-order chi connectivity index (χ0) is 33.3. The molecule has 2 aromatic heterocycles. The van der Waals surface area contributed by atoms with E-state index in [0.29, 0.717) is 0 Å². The highest BCUT2D eigenvalue weighted by Crippen LogP contribution is 2.36. The van der Waals surface area contributed by atoms with Gasteiger partial charge in [0.25, 0.3) is 0 Å². The molecular formula is C44H42N6. The lowest BCUT2D eigenvalue weighted by molar-refractivity contribution is 0.132. The number of benzene rings is 6. The standard InChI is InChI=1S/C44H42N6/c1-3-13-33-31(11-1)19-21-37-41(35-15-5-7-17-39(35)47-43(33)37)45-23-9-25-49-27-29-50(30-28-49)26-10-24-46-42-36-16-6-8-18-40(36)48-44-34-14-4-2-12-32(34)20-22-38(42)44/h1-8,11-22H,9-10,23-30H2,(H,45,47)(H,46,48). The number of nitrogens with one attached hydrogen (secondary N) is 2. The van der Waals surface area contributed by atoms with Crippen molar-refractivity contribution in [3.63, 3.8) is 0 Å². The van der Waals surface area contributed by atoms with Crippen molar-refractivity contribution in [1.82, 2.24) is 19.8 Å². The van der Waals surface area contributed by atoms with Crippen LogP contribution in [0.1, 0.15) is 12.8 Å². The molecule has 6 heteroatoms. The van der Waals surface area contributed by atoms with Crippen molar-refractivity contribution in [2.24, 2.45) is 0 Å². The highest BCUT2D eigenvalue weighted by molar-refractivity contribution is 6.17. The molecule has 0 saturated carbocycles. The summed E-state index contributed by atoms with van der Waals surface area (Å²) in [5.74, 6) is 0. The summed E-state index contributed by atoms with van der Waals surface area (Å²) in [6.45, 7) is 8.64. The zero-order valence-electron chi connectivity index (χ0n) is 28.4. The Kier molecular flexibility index (Phi) is 8.33. The summed E-state index contributed by atoms with van der Waals surface area (Å²) in [7, 11) is 0. The van der Waals surface area contributed by atoms with E-state index in [1.54, 1.807) is 0 Å². The number of anilines is 2. The van der Waals surface area contributed by atoms with E-state index in [0.717, 1.165) is 87.3 Å². The van der Waals surface area contributed by atoms with Crippen molar-refractivity contribution in [2.75, 3.05) is 63.0 Å². The minimum Gasteiger partial charge on any atom is -0.384 e. The fraction of sp³-hybridized carbons (Fsp3) is 0.227. The number of hydrogen-bond acceptors (Lipinski definition) is 6. The number of nitrogens with zero attached hydrogens (tertiary/aromatic N) is 4. The molecule has 0 spiro atoms. The van der Waals surface area contributed by atoms with E-state index >= 15 is 0 Å². The third-order valence-electron chi connectivity index (χ3n) is 10.5. The van der Waals surface area contributed by atoms with Crippen LogP contribution >= 0.6 is 0 Å². The Hall–Kier alpha value is -5.30. The molecule has 6 aromatic carbocycles. The summed E-state index contributed by atoms with van der Waals surface area (Å²) < 4.78 is 0. The van der Waals surface area contributed by atoms with E-state index in [9.17, 15) is 0 Å². The number of rotatable bonds is 10. The molecule has 0 aliphatic carbocycles. The summed E-state index contributed by atoms with van der Waals surface area (Å²) in [5, 5.41) is 17.3. The van der Waals surface area contributed by atoms with Crippen LogP contribution in [-0.2, 0) is 0 Å². The first kappa shape index (κ1) is 30.7. The number of pyridine rings is 2. The molecule has 0 unspecified atom stereocenters. The van der Waals surface area contributed by atoms with Crippen LogP contribution in [0, 0.1) is 0 Å². The Morgan fingerprint density at radius 3 is 1.28 bits per heavy atom. The minimum atomic E-state index is 0.940. The maximum Gasteiger partial charge on any atom is 0.0808 e. The number of hydrogen-bond donors (Lipinski definition) is 2. The molecule has 50 heavy (non-hydrogen) atoms. The van der Waals surface area contributed by atoms with Crippen LogP contribution in [-0.4, -0.2) is 72.1 Å². The lowest BCUT2D eigenvalue weighted by Gasteiger charge is -2.34. The normalized spacial score (nSPS) is 14.4. The third kappa shape index (κ3) is 5.85. The molecule has 3 heterocycles. The van der Waals surface area contributed by atoms with Gasteiger partial charge >= 0.3 is 0 Å². The topological polar surface area (TPSA) is 56.3 Å². The number of para-hydroxylation sites is 2. The molecule has 1 saturated heterocycles. The van der Waals surface area contributed by atoms with Gasteiger partial charge in [-0.1, -0.05) is 109 Å².